The summed E-state index contributed by atoms with van der Waals surface area (Å²) in [4.78, 5) is 4.04. The molecule has 2 aromatic rings. The number of hydrogen-bond donors (Lipinski definition) is 2. The van der Waals surface area contributed by atoms with Crippen LogP contribution in [0, 0.1) is 6.92 Å². The number of nitrogens with two attached hydrogens (primary N) is 1. The molecular weight excluding hydrogens is 274 g/mol. The van der Waals surface area contributed by atoms with E-state index in [9.17, 15) is 8.42 Å². The monoisotopic (exact) mass is 291 g/mol. The quantitative estimate of drug-likeness (QED) is 0.817. The lowest BCUT2D eigenvalue weighted by atomic mass is 10.2. The van der Waals surface area contributed by atoms with Gasteiger partial charge in [-0.1, -0.05) is 6.07 Å². The molecule has 1 aromatic heterocycles. The molecule has 5 nitrogen and oxygen atoms in total. The lowest BCUT2D eigenvalue weighted by Gasteiger charge is -2.09. The van der Waals surface area contributed by atoms with Crippen molar-refractivity contribution < 1.29 is 8.42 Å². The first-order valence-corrected chi connectivity index (χ1v) is 7.72. The van der Waals surface area contributed by atoms with Gasteiger partial charge < -0.3 is 5.73 Å². The number of benzene rings is 1. The maximum absolute atomic E-state index is 12.2. The van der Waals surface area contributed by atoms with E-state index in [1.165, 1.54) is 6.07 Å². The summed E-state index contributed by atoms with van der Waals surface area (Å²) in [6.07, 6.45) is 3.97. The molecule has 0 aliphatic heterocycles. The Morgan fingerprint density at radius 1 is 1.20 bits per heavy atom. The summed E-state index contributed by atoms with van der Waals surface area (Å²) >= 11 is 0. The Bertz CT molecular complexity index is 685. The predicted octanol–water partition coefficient (Wildman–Crippen LogP) is 1.49. The number of pyridine rings is 1. The van der Waals surface area contributed by atoms with E-state index in [-0.39, 0.29) is 10.6 Å². The maximum atomic E-state index is 12.2. The van der Waals surface area contributed by atoms with Crippen LogP contribution in [-0.4, -0.2) is 19.9 Å². The van der Waals surface area contributed by atoms with Gasteiger partial charge >= 0.3 is 0 Å². The lowest BCUT2D eigenvalue weighted by Crippen LogP contribution is -2.26. The molecule has 0 unspecified atom stereocenters. The lowest BCUT2D eigenvalue weighted by molar-refractivity contribution is 0.582. The molecule has 6 heteroatoms. The van der Waals surface area contributed by atoms with Crippen LogP contribution < -0.4 is 10.5 Å². The van der Waals surface area contributed by atoms with Gasteiger partial charge in [0.25, 0.3) is 0 Å². The Morgan fingerprint density at radius 3 is 2.55 bits per heavy atom. The summed E-state index contributed by atoms with van der Waals surface area (Å²) in [5, 5.41) is 0. The van der Waals surface area contributed by atoms with Crippen LogP contribution in [0.15, 0.2) is 47.6 Å². The highest BCUT2D eigenvalue weighted by Crippen LogP contribution is 2.19. The molecule has 3 N–H and O–H groups in total. The molecule has 20 heavy (non-hydrogen) atoms. The fourth-order valence-corrected chi connectivity index (χ4v) is 3.01. The highest BCUT2D eigenvalue weighted by atomic mass is 32.2. The van der Waals surface area contributed by atoms with E-state index in [1.807, 2.05) is 19.1 Å². The first kappa shape index (κ1) is 14.5. The molecule has 0 saturated carbocycles. The number of aromatic nitrogens is 1. The van der Waals surface area contributed by atoms with Gasteiger partial charge in [0.1, 0.15) is 4.90 Å². The van der Waals surface area contributed by atoms with Crippen molar-refractivity contribution in [1.29, 1.82) is 0 Å². The summed E-state index contributed by atoms with van der Waals surface area (Å²) in [5.74, 6) is 0. The average molecular weight is 291 g/mol. The summed E-state index contributed by atoms with van der Waals surface area (Å²) in [5.41, 5.74) is 7.98. The molecule has 0 spiro atoms. The van der Waals surface area contributed by atoms with Gasteiger partial charge in [-0.15, -0.1) is 0 Å². The molecule has 0 atom stereocenters. The normalized spacial score (nSPS) is 11.4. The fourth-order valence-electron chi connectivity index (χ4n) is 1.87. The van der Waals surface area contributed by atoms with Crippen molar-refractivity contribution >= 4 is 15.7 Å². The van der Waals surface area contributed by atoms with Gasteiger partial charge in [0.15, 0.2) is 0 Å². The predicted molar refractivity (Wildman–Crippen MR) is 78.7 cm³/mol. The van der Waals surface area contributed by atoms with Crippen molar-refractivity contribution in [3.63, 3.8) is 0 Å². The molecule has 106 valence electrons. The summed E-state index contributed by atoms with van der Waals surface area (Å²) in [6, 6.07) is 8.62. The van der Waals surface area contributed by atoms with Crippen molar-refractivity contribution in [2.45, 2.75) is 18.2 Å². The summed E-state index contributed by atoms with van der Waals surface area (Å²) in [7, 11) is -3.57. The molecule has 0 aliphatic carbocycles. The van der Waals surface area contributed by atoms with E-state index < -0.39 is 10.0 Å². The number of nitrogens with one attached hydrogen (secondary N) is 1. The van der Waals surface area contributed by atoms with Crippen LogP contribution in [0.3, 0.4) is 0 Å². The highest BCUT2D eigenvalue weighted by molar-refractivity contribution is 7.89. The highest BCUT2D eigenvalue weighted by Gasteiger charge is 2.16. The molecule has 0 amide bonds. The standard InChI is InChI=1S/C14H17N3O2S/c1-11-2-3-14(13(15)10-11)20(18,19)17-9-6-12-4-7-16-8-5-12/h2-5,7-8,10,17H,6,9,15H2,1H3. The van der Waals surface area contributed by atoms with E-state index in [1.54, 1.807) is 24.5 Å². The van der Waals surface area contributed by atoms with E-state index in [2.05, 4.69) is 9.71 Å². The maximum Gasteiger partial charge on any atom is 0.242 e. The third kappa shape index (κ3) is 3.55. The number of anilines is 1. The summed E-state index contributed by atoms with van der Waals surface area (Å²) < 4.78 is 26.9. The average Bonchev–Trinajstić information content (AvgIpc) is 2.39. The van der Waals surface area contributed by atoms with Crippen molar-refractivity contribution in [2.24, 2.45) is 0 Å². The Balaban J connectivity index is 2.04. The molecule has 0 saturated heterocycles. The van der Waals surface area contributed by atoms with Gasteiger partial charge in [0.2, 0.25) is 10.0 Å². The summed E-state index contributed by atoms with van der Waals surface area (Å²) in [6.45, 7) is 2.18. The molecule has 2 rings (SSSR count). The first-order chi connectivity index (χ1) is 9.49. The van der Waals surface area contributed by atoms with Crippen LogP contribution >= 0.6 is 0 Å². The van der Waals surface area contributed by atoms with Crippen molar-refractivity contribution in [2.75, 3.05) is 12.3 Å². The van der Waals surface area contributed by atoms with Crippen LogP contribution in [0.1, 0.15) is 11.1 Å². The smallest absolute Gasteiger partial charge is 0.242 e. The zero-order valence-electron chi connectivity index (χ0n) is 11.2. The van der Waals surface area contributed by atoms with Crippen LogP contribution in [0.2, 0.25) is 0 Å². The minimum absolute atomic E-state index is 0.123. The molecule has 1 aromatic carbocycles. The Labute approximate surface area is 118 Å². The molecule has 0 fully saturated rings. The van der Waals surface area contributed by atoms with E-state index in [0.717, 1.165) is 11.1 Å². The van der Waals surface area contributed by atoms with Crippen molar-refractivity contribution in [3.8, 4) is 0 Å². The minimum atomic E-state index is -3.57. The van der Waals surface area contributed by atoms with E-state index >= 15 is 0 Å². The van der Waals surface area contributed by atoms with Gasteiger partial charge in [-0.25, -0.2) is 13.1 Å². The number of nitrogens with zero attached hydrogens (tertiary/aromatic N) is 1. The number of aryl methyl sites for hydroxylation is 1. The van der Waals surface area contributed by atoms with Crippen LogP contribution in [0.5, 0.6) is 0 Å². The van der Waals surface area contributed by atoms with Gasteiger partial charge in [-0.2, -0.15) is 0 Å². The van der Waals surface area contributed by atoms with Gasteiger partial charge in [-0.3, -0.25) is 4.98 Å². The van der Waals surface area contributed by atoms with Gasteiger partial charge in [-0.05, 0) is 48.7 Å². The number of hydrogen-bond acceptors (Lipinski definition) is 4. The van der Waals surface area contributed by atoms with Crippen molar-refractivity contribution in [1.82, 2.24) is 9.71 Å². The van der Waals surface area contributed by atoms with E-state index in [0.29, 0.717) is 13.0 Å². The molecular formula is C14H17N3O2S. The zero-order chi connectivity index (χ0) is 14.6. The second kappa shape index (κ2) is 6.02. The Hall–Kier alpha value is -1.92. The third-order valence-electron chi connectivity index (χ3n) is 2.91. The van der Waals surface area contributed by atoms with Gasteiger partial charge in [0.05, 0.1) is 5.69 Å². The van der Waals surface area contributed by atoms with Gasteiger partial charge in [0, 0.05) is 18.9 Å². The largest absolute Gasteiger partial charge is 0.398 e. The topological polar surface area (TPSA) is 85.1 Å². The minimum Gasteiger partial charge on any atom is -0.398 e. The van der Waals surface area contributed by atoms with Crippen LogP contribution in [0.4, 0.5) is 5.69 Å². The molecule has 0 bridgehead atoms. The Kier molecular flexibility index (Phi) is 4.36. The van der Waals surface area contributed by atoms with E-state index in [4.69, 9.17) is 5.73 Å². The number of nitrogen functional groups attached to an aromatic ring is 1. The zero-order valence-corrected chi connectivity index (χ0v) is 12.0. The molecule has 1 heterocycles. The number of sulfonamides is 1. The SMILES string of the molecule is Cc1ccc(S(=O)(=O)NCCc2ccncc2)c(N)c1. The second-order valence-corrected chi connectivity index (χ2v) is 6.28. The van der Waals surface area contributed by atoms with Crippen molar-refractivity contribution in [3.05, 3.63) is 53.9 Å². The molecule has 0 aliphatic rings. The first-order valence-electron chi connectivity index (χ1n) is 6.24. The molecule has 0 radical (unpaired) electrons. The number of rotatable bonds is 5. The van der Waals surface area contributed by atoms with Crippen LogP contribution in [0.25, 0.3) is 0 Å². The Morgan fingerprint density at radius 2 is 1.90 bits per heavy atom. The fraction of sp³-hybridized carbons (Fsp3) is 0.214. The third-order valence-corrected chi connectivity index (χ3v) is 4.44. The van der Waals surface area contributed by atoms with Crippen LogP contribution in [-0.2, 0) is 16.4 Å². The second-order valence-electron chi connectivity index (χ2n) is 4.54.